The van der Waals surface area contributed by atoms with Crippen molar-refractivity contribution in [1.82, 2.24) is 0 Å². The molecule has 0 spiro atoms. The lowest BCUT2D eigenvalue weighted by atomic mass is 9.74. The van der Waals surface area contributed by atoms with Crippen LogP contribution >= 0.6 is 0 Å². The van der Waals surface area contributed by atoms with E-state index in [1.165, 1.54) is 0 Å². The van der Waals surface area contributed by atoms with Crippen LogP contribution in [0.5, 0.6) is 0 Å². The summed E-state index contributed by atoms with van der Waals surface area (Å²) < 4.78 is 0. The van der Waals surface area contributed by atoms with Crippen molar-refractivity contribution < 1.29 is 5.11 Å². The van der Waals surface area contributed by atoms with Crippen molar-refractivity contribution in [3.05, 3.63) is 119 Å². The lowest BCUT2D eigenvalue weighted by Crippen LogP contribution is -2.17. The van der Waals surface area contributed by atoms with Gasteiger partial charge in [-0.2, -0.15) is 10.5 Å². The number of aliphatic hydroxyl groups excluding tert-OH is 1. The monoisotopic (exact) mass is 471 g/mol. The molecular weight excluding hydrogens is 442 g/mol. The molecule has 0 bridgehead atoms. The van der Waals surface area contributed by atoms with Crippen LogP contribution in [-0.2, 0) is 6.61 Å². The minimum absolute atomic E-state index is 0.00563. The van der Waals surface area contributed by atoms with E-state index in [9.17, 15) is 15.6 Å². The average molecular weight is 472 g/mol. The molecule has 1 N–H and O–H groups in total. The third-order valence-electron chi connectivity index (χ3n) is 6.29. The second kappa shape index (κ2) is 10.9. The van der Waals surface area contributed by atoms with Gasteiger partial charge in [0, 0.05) is 17.1 Å². The normalized spacial score (nSPS) is 14.6. The lowest BCUT2D eigenvalue weighted by molar-refractivity contribution is 0.282. The molecule has 4 heteroatoms. The molecule has 0 aliphatic heterocycles. The van der Waals surface area contributed by atoms with Crippen LogP contribution in [0.15, 0.2) is 108 Å². The first kappa shape index (κ1) is 24.7. The molecule has 0 heterocycles. The number of nitrogens with zero attached hydrogens (tertiary/aromatic N) is 3. The Kier molecular flexibility index (Phi) is 7.50. The first-order chi connectivity index (χ1) is 17.4. The van der Waals surface area contributed by atoms with E-state index in [1.807, 2.05) is 60.7 Å². The molecule has 178 valence electrons. The van der Waals surface area contributed by atoms with Gasteiger partial charge in [-0.3, -0.25) is 0 Å². The molecule has 0 amide bonds. The second-order valence-corrected chi connectivity index (χ2v) is 9.78. The van der Waals surface area contributed by atoms with Gasteiger partial charge in [0.15, 0.2) is 0 Å². The third kappa shape index (κ3) is 5.81. The fraction of sp³-hybridized carbons (Fsp3) is 0.188. The second-order valence-electron chi connectivity index (χ2n) is 9.78. The van der Waals surface area contributed by atoms with Crippen LogP contribution < -0.4 is 4.90 Å². The van der Waals surface area contributed by atoms with Crippen LogP contribution in [0.3, 0.4) is 0 Å². The van der Waals surface area contributed by atoms with E-state index < -0.39 is 0 Å². The number of benzene rings is 3. The Morgan fingerprint density at radius 1 is 0.833 bits per heavy atom. The Balaban J connectivity index is 1.62. The van der Waals surface area contributed by atoms with Crippen LogP contribution in [0.25, 0.3) is 6.08 Å². The maximum absolute atomic E-state index is 9.42. The van der Waals surface area contributed by atoms with E-state index >= 15 is 0 Å². The molecule has 36 heavy (non-hydrogen) atoms. The number of nitriles is 2. The first-order valence-electron chi connectivity index (χ1n) is 12.0. The fourth-order valence-corrected chi connectivity index (χ4v) is 4.61. The van der Waals surface area contributed by atoms with Crippen LogP contribution in [0.2, 0.25) is 0 Å². The molecule has 1 aliphatic carbocycles. The van der Waals surface area contributed by atoms with Gasteiger partial charge in [-0.1, -0.05) is 74.5 Å². The number of hydrogen-bond donors (Lipinski definition) is 1. The molecule has 4 rings (SSSR count). The molecule has 4 nitrogen and oxygen atoms in total. The zero-order chi connectivity index (χ0) is 25.5. The highest BCUT2D eigenvalue weighted by Gasteiger charge is 2.26. The van der Waals surface area contributed by atoms with Gasteiger partial charge in [-0.05, 0) is 76.9 Å². The van der Waals surface area contributed by atoms with Crippen LogP contribution in [0.1, 0.15) is 37.8 Å². The van der Waals surface area contributed by atoms with Crippen molar-refractivity contribution in [1.29, 1.82) is 10.5 Å². The van der Waals surface area contributed by atoms with Crippen LogP contribution in [-0.4, -0.2) is 5.11 Å². The Morgan fingerprint density at radius 2 is 1.42 bits per heavy atom. The summed E-state index contributed by atoms with van der Waals surface area (Å²) >= 11 is 0. The van der Waals surface area contributed by atoms with Crippen LogP contribution in [0, 0.1) is 28.1 Å². The topological polar surface area (TPSA) is 71.0 Å². The predicted octanol–water partition coefficient (Wildman–Crippen LogP) is 7.75. The fourth-order valence-electron chi connectivity index (χ4n) is 4.61. The number of aliphatic hydroxyl groups is 1. The minimum Gasteiger partial charge on any atom is -0.392 e. The lowest BCUT2D eigenvalue weighted by Gasteiger charge is -2.30. The van der Waals surface area contributed by atoms with Gasteiger partial charge >= 0.3 is 0 Å². The van der Waals surface area contributed by atoms with Gasteiger partial charge < -0.3 is 10.0 Å². The molecule has 0 aromatic heterocycles. The summed E-state index contributed by atoms with van der Waals surface area (Å²) in [5, 5.41) is 28.0. The zero-order valence-electron chi connectivity index (χ0n) is 20.6. The molecule has 0 saturated carbocycles. The Bertz CT molecular complexity index is 1360. The molecule has 0 unspecified atom stereocenters. The van der Waals surface area contributed by atoms with Gasteiger partial charge in [-0.15, -0.1) is 0 Å². The summed E-state index contributed by atoms with van der Waals surface area (Å²) in [4.78, 5) is 2.18. The molecular formula is C32H29N3O. The Hall–Kier alpha value is -4.38. The van der Waals surface area contributed by atoms with Gasteiger partial charge in [0.2, 0.25) is 0 Å². The number of hydrogen-bond acceptors (Lipinski definition) is 4. The third-order valence-corrected chi connectivity index (χ3v) is 6.29. The molecule has 3 aromatic carbocycles. The maximum atomic E-state index is 9.42. The van der Waals surface area contributed by atoms with Crippen molar-refractivity contribution >= 4 is 23.1 Å². The molecule has 1 aliphatic rings. The number of anilines is 3. The van der Waals surface area contributed by atoms with Crippen LogP contribution in [0.4, 0.5) is 17.1 Å². The smallest absolute Gasteiger partial charge is 0.132 e. The summed E-state index contributed by atoms with van der Waals surface area (Å²) in [6.45, 7) is 4.35. The molecule has 0 saturated heterocycles. The predicted molar refractivity (Wildman–Crippen MR) is 145 cm³/mol. The number of allylic oxidation sites excluding steroid dienone is 5. The quantitative estimate of drug-likeness (QED) is 0.373. The average Bonchev–Trinajstić information content (AvgIpc) is 2.89. The standard InChI is InChI=1S/C32H29N3O/c1-32(2)19-26(18-27(20-32)28(21-33)22-34)9-8-24-10-14-30(15-11-24)35(29-6-4-3-5-7-29)31-16-12-25(23-36)13-17-31/h3-18,36H,19-20,23H2,1-2H3/b9-8+. The molecule has 0 fully saturated rings. The first-order valence-corrected chi connectivity index (χ1v) is 12.0. The van der Waals surface area contributed by atoms with E-state index in [-0.39, 0.29) is 17.6 Å². The van der Waals surface area contributed by atoms with E-state index in [0.29, 0.717) is 0 Å². The summed E-state index contributed by atoms with van der Waals surface area (Å²) in [6, 6.07) is 30.6. The molecule has 0 atom stereocenters. The van der Waals surface area contributed by atoms with Gasteiger partial charge in [0.1, 0.15) is 17.7 Å². The highest BCUT2D eigenvalue weighted by atomic mass is 16.3. The number of para-hydroxylation sites is 1. The van der Waals surface area contributed by atoms with Crippen molar-refractivity contribution in [2.45, 2.75) is 33.3 Å². The van der Waals surface area contributed by atoms with Crippen molar-refractivity contribution in [2.24, 2.45) is 5.41 Å². The maximum Gasteiger partial charge on any atom is 0.132 e. The SMILES string of the molecule is CC1(C)CC(/C=C/c2ccc(N(c3ccccc3)c3ccc(CO)cc3)cc2)=CC(=C(C#N)C#N)C1. The summed E-state index contributed by atoms with van der Waals surface area (Å²) in [6.07, 6.45) is 7.77. The van der Waals surface area contributed by atoms with E-state index in [1.54, 1.807) is 0 Å². The molecule has 3 aromatic rings. The summed E-state index contributed by atoms with van der Waals surface area (Å²) in [5.41, 5.74) is 7.17. The minimum atomic E-state index is -0.00563. The van der Waals surface area contributed by atoms with Crippen molar-refractivity contribution in [2.75, 3.05) is 4.90 Å². The van der Waals surface area contributed by atoms with Gasteiger partial charge in [0.05, 0.1) is 6.61 Å². The number of rotatable bonds is 6. The largest absolute Gasteiger partial charge is 0.392 e. The highest BCUT2D eigenvalue weighted by Crippen LogP contribution is 2.40. The van der Waals surface area contributed by atoms with Gasteiger partial charge in [-0.25, -0.2) is 0 Å². The molecule has 0 radical (unpaired) electrons. The summed E-state index contributed by atoms with van der Waals surface area (Å²) in [7, 11) is 0. The Labute approximate surface area is 213 Å². The van der Waals surface area contributed by atoms with E-state index in [2.05, 4.69) is 67.3 Å². The zero-order valence-corrected chi connectivity index (χ0v) is 20.6. The Morgan fingerprint density at radius 3 is 2.00 bits per heavy atom. The van der Waals surface area contributed by atoms with Crippen molar-refractivity contribution in [3.8, 4) is 12.1 Å². The highest BCUT2D eigenvalue weighted by molar-refractivity contribution is 5.77. The summed E-state index contributed by atoms with van der Waals surface area (Å²) in [5.74, 6) is 0. The van der Waals surface area contributed by atoms with Gasteiger partial charge in [0.25, 0.3) is 0 Å². The van der Waals surface area contributed by atoms with E-state index in [4.69, 9.17) is 0 Å². The van der Waals surface area contributed by atoms with Crippen molar-refractivity contribution in [3.63, 3.8) is 0 Å². The van der Waals surface area contributed by atoms with E-state index in [0.717, 1.165) is 52.2 Å².